The summed E-state index contributed by atoms with van der Waals surface area (Å²) < 4.78 is 70.9. The largest absolute Gasteiger partial charge is 0.519 e. The molecule has 12 nitrogen and oxygen atoms in total. The number of hydrogen-bond acceptors (Lipinski definition) is 11. The number of halogens is 3. The number of nitrogens with zero attached hydrogens (tertiary/aromatic N) is 3. The first-order valence-corrected chi connectivity index (χ1v) is 15.1. The Kier molecular flexibility index (Phi) is 8.62. The third-order valence-corrected chi connectivity index (χ3v) is 8.52. The predicted octanol–water partition coefficient (Wildman–Crippen LogP) is 5.22. The molecular formula is C25H27BrF2N5O7P. The Balaban J connectivity index is 1.26. The van der Waals surface area contributed by atoms with E-state index in [0.29, 0.717) is 22.8 Å². The number of alkyl halides is 2. The lowest BCUT2D eigenvalue weighted by Crippen LogP contribution is -2.32. The number of imidazole rings is 1. The molecule has 1 aromatic carbocycles. The first-order chi connectivity index (χ1) is 19.5. The van der Waals surface area contributed by atoms with E-state index < -0.39 is 44.6 Å². The van der Waals surface area contributed by atoms with Crippen molar-refractivity contribution in [1.82, 2.24) is 14.9 Å². The molecule has 3 heterocycles. The number of benzene rings is 1. The summed E-state index contributed by atoms with van der Waals surface area (Å²) in [5.74, 6) is -4.12. The van der Waals surface area contributed by atoms with Crippen molar-refractivity contribution < 1.29 is 36.0 Å². The lowest BCUT2D eigenvalue weighted by Gasteiger charge is -2.19. The number of aromatic nitrogens is 2. The van der Waals surface area contributed by atoms with Crippen LogP contribution in [0.4, 0.5) is 14.6 Å². The van der Waals surface area contributed by atoms with Gasteiger partial charge in [0, 0.05) is 29.8 Å². The Hall–Kier alpha value is -3.10. The zero-order valence-electron chi connectivity index (χ0n) is 21.7. The molecule has 0 radical (unpaired) electrons. The zero-order chi connectivity index (χ0) is 29.2. The highest BCUT2D eigenvalue weighted by Crippen LogP contribution is 2.51. The van der Waals surface area contributed by atoms with Crippen LogP contribution < -0.4 is 16.9 Å². The molecule has 0 amide bonds. The van der Waals surface area contributed by atoms with Crippen LogP contribution >= 0.6 is 23.5 Å². The van der Waals surface area contributed by atoms with Gasteiger partial charge in [-0.1, -0.05) is 34.6 Å². The number of hydrogen-bond donors (Lipinski definition) is 2. The normalized spacial score (nSPS) is 19.4. The Morgan fingerprint density at radius 1 is 1.29 bits per heavy atom. The number of nitrogens with one attached hydrogen (secondary N) is 1. The fourth-order valence-electron chi connectivity index (χ4n) is 4.54. The van der Waals surface area contributed by atoms with Gasteiger partial charge in [-0.15, -0.1) is 0 Å². The fraction of sp³-hybridized carbons (Fsp3) is 0.400. The first-order valence-electron chi connectivity index (χ1n) is 12.6. The summed E-state index contributed by atoms with van der Waals surface area (Å²) in [7, 11) is -3.97. The Labute approximate surface area is 241 Å². The van der Waals surface area contributed by atoms with Gasteiger partial charge in [-0.2, -0.15) is 4.99 Å². The van der Waals surface area contributed by atoms with Gasteiger partial charge in [0.05, 0.1) is 25.2 Å². The first kappa shape index (κ1) is 29.4. The van der Waals surface area contributed by atoms with E-state index >= 15 is 0 Å². The molecule has 3 N–H and O–H groups in total. The van der Waals surface area contributed by atoms with Crippen LogP contribution in [0.1, 0.15) is 48.0 Å². The SMILES string of the molecule is C=C1NC(N)=Nc2c1ncn2CCOCP(=O)(OCc1cccc(Br)c1)OCc1oc(=O)oc1C1CCC(F)(F)C1. The Bertz CT molecular complexity index is 1570. The monoisotopic (exact) mass is 657 g/mol. The molecule has 220 valence electrons. The molecule has 1 aliphatic heterocycles. The summed E-state index contributed by atoms with van der Waals surface area (Å²) in [6, 6.07) is 7.19. The van der Waals surface area contributed by atoms with Gasteiger partial charge in [-0.25, -0.2) is 18.6 Å². The topological polar surface area (TPSA) is 156 Å². The number of ether oxygens (including phenoxy) is 1. The molecular weight excluding hydrogens is 631 g/mol. The number of fused-ring (bicyclic) bond motifs is 1. The maximum atomic E-state index is 13.8. The maximum Gasteiger partial charge on any atom is 0.519 e. The summed E-state index contributed by atoms with van der Waals surface area (Å²) >= 11 is 3.38. The highest BCUT2D eigenvalue weighted by Gasteiger charge is 2.43. The summed E-state index contributed by atoms with van der Waals surface area (Å²) in [5.41, 5.74) is 7.54. The number of nitrogens with two attached hydrogens (primary N) is 1. The summed E-state index contributed by atoms with van der Waals surface area (Å²) in [6.07, 6.45) is 0.394. The van der Waals surface area contributed by atoms with Gasteiger partial charge in [0.2, 0.25) is 5.92 Å². The molecule has 0 saturated heterocycles. The van der Waals surface area contributed by atoms with Gasteiger partial charge in [-0.3, -0.25) is 9.09 Å². The van der Waals surface area contributed by atoms with Crippen LogP contribution in [0.5, 0.6) is 0 Å². The van der Waals surface area contributed by atoms with Crippen molar-refractivity contribution in [2.75, 3.05) is 13.0 Å². The third-order valence-electron chi connectivity index (χ3n) is 6.49. The molecule has 5 rings (SSSR count). The molecule has 2 aromatic heterocycles. The number of rotatable bonds is 12. The minimum atomic E-state index is -3.97. The van der Waals surface area contributed by atoms with Crippen molar-refractivity contribution in [2.45, 2.75) is 50.9 Å². The molecule has 1 aliphatic carbocycles. The van der Waals surface area contributed by atoms with Gasteiger partial charge in [0.15, 0.2) is 23.3 Å². The van der Waals surface area contributed by atoms with E-state index in [9.17, 15) is 18.1 Å². The molecule has 2 atom stereocenters. The minimum absolute atomic E-state index is 0.0348. The molecule has 0 bridgehead atoms. The van der Waals surface area contributed by atoms with Crippen molar-refractivity contribution >= 4 is 41.0 Å². The molecule has 0 spiro atoms. The van der Waals surface area contributed by atoms with Crippen LogP contribution in [-0.4, -0.2) is 34.4 Å². The highest BCUT2D eigenvalue weighted by molar-refractivity contribution is 9.10. The quantitative estimate of drug-likeness (QED) is 0.196. The molecule has 3 aromatic rings. The van der Waals surface area contributed by atoms with E-state index in [0.717, 1.165) is 4.47 Å². The van der Waals surface area contributed by atoms with Crippen molar-refractivity contribution in [2.24, 2.45) is 10.7 Å². The van der Waals surface area contributed by atoms with Gasteiger partial charge < -0.3 is 33.7 Å². The second kappa shape index (κ2) is 12.0. The van der Waals surface area contributed by atoms with E-state index in [1.54, 1.807) is 29.1 Å². The van der Waals surface area contributed by atoms with Gasteiger partial charge in [0.25, 0.3) is 0 Å². The van der Waals surface area contributed by atoms with E-state index in [1.807, 2.05) is 6.07 Å². The number of aliphatic imine (C=N–C) groups is 1. The average Bonchev–Trinajstić information content (AvgIpc) is 3.60. The standard InChI is InChI=1S/C25H27BrF2N5O7P/c1-15-20-22(32-23(29)31-15)33(13-30-20)7-8-36-14-41(35,37-11-16-3-2-4-18(26)9-16)38-12-19-21(40-24(34)39-19)17-5-6-25(27,28)10-17/h2-4,9,13,17H,1,5-8,10-12,14H2,(H3,29,31,32). The lowest BCUT2D eigenvalue weighted by atomic mass is 10.0. The van der Waals surface area contributed by atoms with E-state index in [-0.39, 0.29) is 50.1 Å². The predicted molar refractivity (Wildman–Crippen MR) is 147 cm³/mol. The fourth-order valence-corrected chi connectivity index (χ4v) is 6.22. The molecule has 2 unspecified atom stereocenters. The number of guanidine groups is 1. The smallest absolute Gasteiger partial charge is 0.395 e. The van der Waals surface area contributed by atoms with Crippen LogP contribution in [0.25, 0.3) is 5.70 Å². The Morgan fingerprint density at radius 3 is 2.85 bits per heavy atom. The zero-order valence-corrected chi connectivity index (χ0v) is 24.2. The van der Waals surface area contributed by atoms with E-state index in [2.05, 4.69) is 37.8 Å². The third kappa shape index (κ3) is 7.22. The second-order valence-electron chi connectivity index (χ2n) is 9.57. The summed E-state index contributed by atoms with van der Waals surface area (Å²) in [5, 5.41) is 2.80. The Morgan fingerprint density at radius 2 is 2.10 bits per heavy atom. The van der Waals surface area contributed by atoms with Crippen LogP contribution in [0, 0.1) is 0 Å². The van der Waals surface area contributed by atoms with Gasteiger partial charge >= 0.3 is 13.4 Å². The molecule has 2 aliphatic rings. The van der Waals surface area contributed by atoms with Crippen molar-refractivity contribution in [3.63, 3.8) is 0 Å². The van der Waals surface area contributed by atoms with Gasteiger partial charge in [-0.05, 0) is 24.1 Å². The maximum absolute atomic E-state index is 13.8. The van der Waals surface area contributed by atoms with Crippen LogP contribution in [0.15, 0.2) is 60.3 Å². The highest BCUT2D eigenvalue weighted by atomic mass is 79.9. The molecule has 1 fully saturated rings. The lowest BCUT2D eigenvalue weighted by molar-refractivity contribution is 0.00709. The van der Waals surface area contributed by atoms with E-state index in [1.165, 1.54) is 0 Å². The minimum Gasteiger partial charge on any atom is -0.395 e. The van der Waals surface area contributed by atoms with Gasteiger partial charge in [0.1, 0.15) is 18.6 Å². The average molecular weight is 658 g/mol. The van der Waals surface area contributed by atoms with Crippen LogP contribution in [0.3, 0.4) is 0 Å². The summed E-state index contributed by atoms with van der Waals surface area (Å²) in [4.78, 5) is 20.3. The summed E-state index contributed by atoms with van der Waals surface area (Å²) in [6.45, 7) is 3.65. The van der Waals surface area contributed by atoms with Crippen LogP contribution in [0.2, 0.25) is 0 Å². The second-order valence-corrected chi connectivity index (χ2v) is 12.5. The molecule has 16 heteroatoms. The molecule has 41 heavy (non-hydrogen) atoms. The van der Waals surface area contributed by atoms with Crippen molar-refractivity contribution in [1.29, 1.82) is 0 Å². The van der Waals surface area contributed by atoms with E-state index in [4.69, 9.17) is 28.4 Å². The van der Waals surface area contributed by atoms with Crippen LogP contribution in [-0.2, 0) is 38.1 Å². The molecule has 1 saturated carbocycles. The van der Waals surface area contributed by atoms with Crippen molar-refractivity contribution in [3.05, 3.63) is 75.0 Å². The van der Waals surface area contributed by atoms with Crippen molar-refractivity contribution in [3.8, 4) is 0 Å².